The Morgan fingerprint density at radius 3 is 2.57 bits per heavy atom. The van der Waals surface area contributed by atoms with Gasteiger partial charge >= 0.3 is 0 Å². The van der Waals surface area contributed by atoms with Crippen molar-refractivity contribution in [2.24, 2.45) is 4.99 Å². The maximum absolute atomic E-state index is 4.27. The molecule has 1 aromatic carbocycles. The Hall–Kier alpha value is -1.81. The van der Waals surface area contributed by atoms with Crippen molar-refractivity contribution in [3.05, 3.63) is 57.8 Å². The predicted octanol–water partition coefficient (Wildman–Crippen LogP) is 3.53. The van der Waals surface area contributed by atoms with Crippen molar-refractivity contribution in [2.75, 3.05) is 13.6 Å². The molecule has 0 amide bonds. The molecule has 2 aromatic rings. The lowest BCUT2D eigenvalue weighted by atomic mass is 10.1. The Bertz CT molecular complexity index is 558. The van der Waals surface area contributed by atoms with E-state index in [0.29, 0.717) is 5.92 Å². The summed E-state index contributed by atoms with van der Waals surface area (Å²) in [5.41, 5.74) is 2.54. The topological polar surface area (TPSA) is 36.4 Å². The van der Waals surface area contributed by atoms with Gasteiger partial charge in [0.05, 0.1) is 0 Å². The van der Waals surface area contributed by atoms with Gasteiger partial charge in [0.15, 0.2) is 5.96 Å². The molecule has 0 spiro atoms. The molecule has 0 saturated heterocycles. The van der Waals surface area contributed by atoms with E-state index in [2.05, 4.69) is 71.3 Å². The van der Waals surface area contributed by atoms with Crippen molar-refractivity contribution < 1.29 is 0 Å². The molecule has 21 heavy (non-hydrogen) atoms. The molecule has 0 aliphatic heterocycles. The minimum absolute atomic E-state index is 0.489. The van der Waals surface area contributed by atoms with E-state index in [1.165, 1.54) is 16.0 Å². The third-order valence-electron chi connectivity index (χ3n) is 3.41. The van der Waals surface area contributed by atoms with Crippen LogP contribution in [0.3, 0.4) is 0 Å². The molecule has 1 heterocycles. The van der Waals surface area contributed by atoms with E-state index in [1.807, 2.05) is 0 Å². The maximum atomic E-state index is 4.27. The summed E-state index contributed by atoms with van der Waals surface area (Å²) < 4.78 is 0. The average Bonchev–Trinajstić information content (AvgIpc) is 3.03. The van der Waals surface area contributed by atoms with Crippen molar-refractivity contribution in [2.45, 2.75) is 26.3 Å². The lowest BCUT2D eigenvalue weighted by Crippen LogP contribution is -2.38. The first-order chi connectivity index (χ1) is 10.2. The van der Waals surface area contributed by atoms with Crippen LogP contribution in [0.2, 0.25) is 0 Å². The average molecular weight is 301 g/mol. The summed E-state index contributed by atoms with van der Waals surface area (Å²) in [4.78, 5) is 5.67. The van der Waals surface area contributed by atoms with Gasteiger partial charge in [0, 0.05) is 30.9 Å². The van der Waals surface area contributed by atoms with E-state index in [1.54, 1.807) is 18.4 Å². The summed E-state index contributed by atoms with van der Waals surface area (Å²) in [5.74, 6) is 1.34. The van der Waals surface area contributed by atoms with Gasteiger partial charge in [-0.15, -0.1) is 11.3 Å². The van der Waals surface area contributed by atoms with E-state index >= 15 is 0 Å². The van der Waals surface area contributed by atoms with Crippen molar-refractivity contribution >= 4 is 17.3 Å². The van der Waals surface area contributed by atoms with Gasteiger partial charge in [-0.25, -0.2) is 0 Å². The molecule has 112 valence electrons. The molecular formula is C17H23N3S. The van der Waals surface area contributed by atoms with Crippen LogP contribution in [-0.4, -0.2) is 19.6 Å². The van der Waals surface area contributed by atoms with Crippen LogP contribution >= 0.6 is 11.3 Å². The Balaban J connectivity index is 1.79. The number of nitrogens with zero attached hydrogens (tertiary/aromatic N) is 1. The predicted molar refractivity (Wildman–Crippen MR) is 92.1 cm³/mol. The second kappa shape index (κ2) is 7.84. The summed E-state index contributed by atoms with van der Waals surface area (Å²) in [7, 11) is 1.81. The fourth-order valence-electron chi connectivity index (χ4n) is 2.03. The Labute approximate surface area is 131 Å². The summed E-state index contributed by atoms with van der Waals surface area (Å²) in [6.07, 6.45) is 0. The minimum atomic E-state index is 0.489. The number of nitrogens with one attached hydrogen (secondary N) is 2. The molecule has 2 N–H and O–H groups in total. The molecule has 0 fully saturated rings. The number of benzene rings is 1. The number of hydrogen-bond donors (Lipinski definition) is 2. The molecule has 0 aliphatic rings. The Kier molecular flexibility index (Phi) is 5.81. The normalized spacial score (nSPS) is 13.0. The summed E-state index contributed by atoms with van der Waals surface area (Å²) in [5, 5.41) is 8.85. The van der Waals surface area contributed by atoms with E-state index in [-0.39, 0.29) is 0 Å². The van der Waals surface area contributed by atoms with Gasteiger partial charge in [-0.2, -0.15) is 0 Å². The van der Waals surface area contributed by atoms with Gasteiger partial charge < -0.3 is 10.6 Å². The number of hydrogen-bond acceptors (Lipinski definition) is 2. The lowest BCUT2D eigenvalue weighted by Gasteiger charge is -2.15. The van der Waals surface area contributed by atoms with Crippen LogP contribution in [0.5, 0.6) is 0 Å². The van der Waals surface area contributed by atoms with Crippen molar-refractivity contribution in [3.8, 4) is 0 Å². The number of aliphatic imine (C=N–C) groups is 1. The highest BCUT2D eigenvalue weighted by atomic mass is 32.1. The molecular weight excluding hydrogens is 278 g/mol. The van der Waals surface area contributed by atoms with Gasteiger partial charge in [0.25, 0.3) is 0 Å². The van der Waals surface area contributed by atoms with Crippen LogP contribution in [0, 0.1) is 6.92 Å². The standard InChI is InChI=1S/C17H23N3S/c1-13-6-8-15(9-7-13)12-20-17(18-3)19-11-14(2)16-5-4-10-21-16/h4-10,14H,11-12H2,1-3H3,(H2,18,19,20). The quantitative estimate of drug-likeness (QED) is 0.655. The first-order valence-corrected chi connectivity index (χ1v) is 8.10. The number of aryl methyl sites for hydroxylation is 1. The molecule has 0 aliphatic carbocycles. The van der Waals surface area contributed by atoms with Crippen LogP contribution in [-0.2, 0) is 6.54 Å². The first-order valence-electron chi connectivity index (χ1n) is 7.22. The smallest absolute Gasteiger partial charge is 0.191 e. The monoisotopic (exact) mass is 301 g/mol. The molecule has 2 rings (SSSR count). The second-order valence-electron chi connectivity index (χ2n) is 5.21. The summed E-state index contributed by atoms with van der Waals surface area (Å²) >= 11 is 1.80. The highest BCUT2D eigenvalue weighted by molar-refractivity contribution is 7.10. The number of guanidine groups is 1. The van der Waals surface area contributed by atoms with E-state index < -0.39 is 0 Å². The zero-order valence-corrected chi connectivity index (χ0v) is 13.7. The van der Waals surface area contributed by atoms with Crippen LogP contribution in [0.1, 0.15) is 28.8 Å². The van der Waals surface area contributed by atoms with Crippen LogP contribution in [0.4, 0.5) is 0 Å². The lowest BCUT2D eigenvalue weighted by molar-refractivity contribution is 0.708. The molecule has 1 unspecified atom stereocenters. The third-order valence-corrected chi connectivity index (χ3v) is 4.51. The maximum Gasteiger partial charge on any atom is 0.191 e. The van der Waals surface area contributed by atoms with Gasteiger partial charge in [0.1, 0.15) is 0 Å². The zero-order chi connectivity index (χ0) is 15.1. The molecule has 0 bridgehead atoms. The summed E-state index contributed by atoms with van der Waals surface area (Å²) in [6, 6.07) is 12.8. The molecule has 1 aromatic heterocycles. The fraction of sp³-hybridized carbons (Fsp3) is 0.353. The molecule has 1 atom stereocenters. The van der Waals surface area contributed by atoms with Crippen molar-refractivity contribution in [1.82, 2.24) is 10.6 Å². The summed E-state index contributed by atoms with van der Waals surface area (Å²) in [6.45, 7) is 6.00. The molecule has 0 radical (unpaired) electrons. The third kappa shape index (κ3) is 4.90. The van der Waals surface area contributed by atoms with Crippen LogP contribution in [0.15, 0.2) is 46.8 Å². The van der Waals surface area contributed by atoms with E-state index in [9.17, 15) is 0 Å². The van der Waals surface area contributed by atoms with E-state index in [4.69, 9.17) is 0 Å². The van der Waals surface area contributed by atoms with Gasteiger partial charge in [0.2, 0.25) is 0 Å². The Morgan fingerprint density at radius 2 is 1.95 bits per heavy atom. The zero-order valence-electron chi connectivity index (χ0n) is 12.9. The first kappa shape index (κ1) is 15.6. The molecule has 0 saturated carbocycles. The van der Waals surface area contributed by atoms with Crippen LogP contribution in [0.25, 0.3) is 0 Å². The number of thiophene rings is 1. The van der Waals surface area contributed by atoms with Crippen molar-refractivity contribution in [3.63, 3.8) is 0 Å². The van der Waals surface area contributed by atoms with Crippen LogP contribution < -0.4 is 10.6 Å². The van der Waals surface area contributed by atoms with Gasteiger partial charge in [-0.05, 0) is 23.9 Å². The molecule has 3 nitrogen and oxygen atoms in total. The number of rotatable bonds is 5. The largest absolute Gasteiger partial charge is 0.356 e. The minimum Gasteiger partial charge on any atom is -0.356 e. The van der Waals surface area contributed by atoms with Gasteiger partial charge in [-0.3, -0.25) is 4.99 Å². The highest BCUT2D eigenvalue weighted by Crippen LogP contribution is 2.19. The second-order valence-corrected chi connectivity index (χ2v) is 6.19. The SMILES string of the molecule is CN=C(NCc1ccc(C)cc1)NCC(C)c1cccs1. The van der Waals surface area contributed by atoms with Crippen molar-refractivity contribution in [1.29, 1.82) is 0 Å². The fourth-order valence-corrected chi connectivity index (χ4v) is 2.82. The highest BCUT2D eigenvalue weighted by Gasteiger charge is 2.07. The Morgan fingerprint density at radius 1 is 1.19 bits per heavy atom. The molecule has 4 heteroatoms. The van der Waals surface area contributed by atoms with Gasteiger partial charge in [-0.1, -0.05) is 42.8 Å². The van der Waals surface area contributed by atoms with E-state index in [0.717, 1.165) is 19.0 Å².